The van der Waals surface area contributed by atoms with Crippen LogP contribution in [0.5, 0.6) is 0 Å². The average Bonchev–Trinajstić information content (AvgIpc) is 3.03. The van der Waals surface area contributed by atoms with Crippen LogP contribution >= 0.6 is 22.9 Å². The van der Waals surface area contributed by atoms with Crippen LogP contribution in [0.15, 0.2) is 30.6 Å². The summed E-state index contributed by atoms with van der Waals surface area (Å²) in [6.07, 6.45) is 5.17. The third-order valence-electron chi connectivity index (χ3n) is 4.87. The van der Waals surface area contributed by atoms with Crippen molar-refractivity contribution >= 4 is 44.9 Å². The molecule has 5 nitrogen and oxygen atoms in total. The zero-order valence-corrected chi connectivity index (χ0v) is 16.7. The van der Waals surface area contributed by atoms with Gasteiger partial charge in [0.25, 0.3) is 5.91 Å². The molecule has 0 atom stereocenters. The Morgan fingerprint density at radius 2 is 2.07 bits per heavy atom. The Balaban J connectivity index is 1.66. The monoisotopic (exact) mass is 400 g/mol. The topological polar surface area (TPSA) is 58.1 Å². The highest BCUT2D eigenvalue weighted by atomic mass is 35.5. The molecule has 2 aromatic heterocycles. The van der Waals surface area contributed by atoms with E-state index in [1.54, 1.807) is 17.7 Å². The van der Waals surface area contributed by atoms with E-state index in [1.165, 1.54) is 6.42 Å². The molecule has 1 N–H and O–H groups in total. The van der Waals surface area contributed by atoms with Gasteiger partial charge in [-0.25, -0.2) is 9.97 Å². The number of carbonyl (C=O) groups excluding carboxylic acids is 1. The summed E-state index contributed by atoms with van der Waals surface area (Å²) in [6, 6.07) is 7.53. The van der Waals surface area contributed by atoms with Crippen molar-refractivity contribution in [3.8, 4) is 0 Å². The van der Waals surface area contributed by atoms with Crippen molar-refractivity contribution < 1.29 is 4.79 Å². The molecule has 1 aromatic carbocycles. The summed E-state index contributed by atoms with van der Waals surface area (Å²) in [7, 11) is 0. The number of thiophene rings is 1. The number of anilines is 1. The second-order valence-corrected chi connectivity index (χ2v) is 8.41. The standard InChI is InChI=1S/C20H21ClN4OS/c1-13-16(19(26)22-11-14-6-5-7-15(21)10-14)17-18(23-12-24-20(17)27-13)25-8-3-2-4-9-25/h5-7,10,12H,2-4,8-9,11H2,1H3,(H,22,26). The van der Waals surface area contributed by atoms with Crippen molar-refractivity contribution in [2.75, 3.05) is 18.0 Å². The highest BCUT2D eigenvalue weighted by Gasteiger charge is 2.24. The average molecular weight is 401 g/mol. The Morgan fingerprint density at radius 3 is 2.85 bits per heavy atom. The number of aromatic nitrogens is 2. The quantitative estimate of drug-likeness (QED) is 0.696. The molecule has 3 aromatic rings. The molecular weight excluding hydrogens is 380 g/mol. The van der Waals surface area contributed by atoms with Crippen molar-refractivity contribution in [3.63, 3.8) is 0 Å². The lowest BCUT2D eigenvalue weighted by atomic mass is 10.1. The lowest BCUT2D eigenvalue weighted by Gasteiger charge is -2.28. The summed E-state index contributed by atoms with van der Waals surface area (Å²) in [6.45, 7) is 4.36. The van der Waals surface area contributed by atoms with Crippen molar-refractivity contribution in [2.45, 2.75) is 32.7 Å². The van der Waals surface area contributed by atoms with Crippen LogP contribution in [0.1, 0.15) is 40.1 Å². The fraction of sp³-hybridized carbons (Fsp3) is 0.350. The van der Waals surface area contributed by atoms with Gasteiger partial charge in [-0.05, 0) is 43.9 Å². The van der Waals surface area contributed by atoms with Gasteiger partial charge in [-0.2, -0.15) is 0 Å². The Kier molecular flexibility index (Phi) is 5.27. The normalized spacial score (nSPS) is 14.5. The molecule has 1 aliphatic heterocycles. The number of rotatable bonds is 4. The van der Waals surface area contributed by atoms with Crippen molar-refractivity contribution in [3.05, 3.63) is 51.6 Å². The summed E-state index contributed by atoms with van der Waals surface area (Å²) < 4.78 is 0. The lowest BCUT2D eigenvalue weighted by molar-refractivity contribution is 0.0952. The van der Waals surface area contributed by atoms with Gasteiger partial charge in [0.1, 0.15) is 17.0 Å². The first-order valence-corrected chi connectivity index (χ1v) is 10.3. The van der Waals surface area contributed by atoms with Gasteiger partial charge in [0.05, 0.1) is 10.9 Å². The second kappa shape index (κ2) is 7.82. The van der Waals surface area contributed by atoms with Gasteiger partial charge in [-0.15, -0.1) is 11.3 Å². The predicted molar refractivity (Wildman–Crippen MR) is 111 cm³/mol. The number of hydrogen-bond acceptors (Lipinski definition) is 5. The molecule has 1 amide bonds. The van der Waals surface area contributed by atoms with E-state index >= 15 is 0 Å². The van der Waals surface area contributed by atoms with Crippen LogP contribution in [0, 0.1) is 6.92 Å². The minimum absolute atomic E-state index is 0.0909. The number of nitrogens with zero attached hydrogens (tertiary/aromatic N) is 3. The SMILES string of the molecule is Cc1sc2ncnc(N3CCCCC3)c2c1C(=O)NCc1cccc(Cl)c1. The number of halogens is 1. The van der Waals surface area contributed by atoms with Crippen LogP contribution in [0.2, 0.25) is 5.02 Å². The van der Waals surface area contributed by atoms with Crippen LogP contribution < -0.4 is 10.2 Å². The van der Waals surface area contributed by atoms with E-state index in [0.717, 1.165) is 52.4 Å². The molecule has 27 heavy (non-hydrogen) atoms. The highest BCUT2D eigenvalue weighted by Crippen LogP contribution is 2.35. The van der Waals surface area contributed by atoms with E-state index in [4.69, 9.17) is 11.6 Å². The molecule has 3 heterocycles. The zero-order chi connectivity index (χ0) is 18.8. The number of fused-ring (bicyclic) bond motifs is 1. The molecule has 1 aliphatic rings. The Bertz CT molecular complexity index is 981. The first-order valence-electron chi connectivity index (χ1n) is 9.15. The van der Waals surface area contributed by atoms with Gasteiger partial charge in [0.2, 0.25) is 0 Å². The summed E-state index contributed by atoms with van der Waals surface area (Å²) >= 11 is 7.59. The van der Waals surface area contributed by atoms with Gasteiger partial charge in [-0.1, -0.05) is 23.7 Å². The maximum Gasteiger partial charge on any atom is 0.253 e. The Labute approximate surface area is 167 Å². The summed E-state index contributed by atoms with van der Waals surface area (Å²) in [5.74, 6) is 0.795. The molecule has 0 saturated carbocycles. The molecule has 7 heteroatoms. The predicted octanol–water partition coefficient (Wildman–Crippen LogP) is 4.57. The van der Waals surface area contributed by atoms with Crippen LogP contribution in [-0.4, -0.2) is 29.0 Å². The molecule has 0 bridgehead atoms. The third kappa shape index (κ3) is 3.77. The zero-order valence-electron chi connectivity index (χ0n) is 15.2. The number of carbonyl (C=O) groups is 1. The molecule has 0 unspecified atom stereocenters. The molecule has 4 rings (SSSR count). The maximum absolute atomic E-state index is 13.0. The summed E-state index contributed by atoms with van der Waals surface area (Å²) in [4.78, 5) is 26.1. The lowest BCUT2D eigenvalue weighted by Crippen LogP contribution is -2.31. The molecule has 1 fully saturated rings. The van der Waals surface area contributed by atoms with Gasteiger partial charge in [-0.3, -0.25) is 4.79 Å². The van der Waals surface area contributed by atoms with Gasteiger partial charge >= 0.3 is 0 Å². The van der Waals surface area contributed by atoms with Crippen LogP contribution in [-0.2, 0) is 6.54 Å². The largest absolute Gasteiger partial charge is 0.356 e. The minimum Gasteiger partial charge on any atom is -0.356 e. The van der Waals surface area contributed by atoms with E-state index < -0.39 is 0 Å². The molecule has 0 radical (unpaired) electrons. The smallest absolute Gasteiger partial charge is 0.253 e. The minimum atomic E-state index is -0.0909. The van der Waals surface area contributed by atoms with Gasteiger partial charge < -0.3 is 10.2 Å². The summed E-state index contributed by atoms with van der Waals surface area (Å²) in [5.41, 5.74) is 1.67. The van der Waals surface area contributed by atoms with Crippen molar-refractivity contribution in [2.24, 2.45) is 0 Å². The number of piperidine rings is 1. The molecular formula is C20H21ClN4OS. The molecule has 140 valence electrons. The first-order chi connectivity index (χ1) is 13.1. The van der Waals surface area contributed by atoms with E-state index in [0.29, 0.717) is 17.1 Å². The number of amides is 1. The van der Waals surface area contributed by atoms with Crippen molar-refractivity contribution in [1.29, 1.82) is 0 Å². The first kappa shape index (κ1) is 18.2. The molecule has 0 aliphatic carbocycles. The van der Waals surface area contributed by atoms with E-state index in [2.05, 4.69) is 20.2 Å². The Morgan fingerprint density at radius 1 is 1.26 bits per heavy atom. The number of nitrogens with one attached hydrogen (secondary N) is 1. The van der Waals surface area contributed by atoms with Gasteiger partial charge in [0, 0.05) is 29.5 Å². The third-order valence-corrected chi connectivity index (χ3v) is 6.12. The van der Waals surface area contributed by atoms with Gasteiger partial charge in [0.15, 0.2) is 0 Å². The fourth-order valence-electron chi connectivity index (χ4n) is 3.57. The molecule has 1 saturated heterocycles. The van der Waals surface area contributed by atoms with Crippen molar-refractivity contribution in [1.82, 2.24) is 15.3 Å². The number of aryl methyl sites for hydroxylation is 1. The summed E-state index contributed by atoms with van der Waals surface area (Å²) in [5, 5.41) is 4.57. The number of benzene rings is 1. The van der Waals surface area contributed by atoms with Crippen LogP contribution in [0.4, 0.5) is 5.82 Å². The van der Waals surface area contributed by atoms with E-state index in [9.17, 15) is 4.79 Å². The number of hydrogen-bond donors (Lipinski definition) is 1. The molecule has 0 spiro atoms. The van der Waals surface area contributed by atoms with Crippen LogP contribution in [0.25, 0.3) is 10.2 Å². The van der Waals surface area contributed by atoms with E-state index in [1.807, 2.05) is 31.2 Å². The second-order valence-electron chi connectivity index (χ2n) is 6.77. The van der Waals surface area contributed by atoms with Crippen LogP contribution in [0.3, 0.4) is 0 Å². The van der Waals surface area contributed by atoms with E-state index in [-0.39, 0.29) is 5.91 Å². The Hall–Kier alpha value is -2.18. The maximum atomic E-state index is 13.0. The highest BCUT2D eigenvalue weighted by molar-refractivity contribution is 7.19. The fourth-order valence-corrected chi connectivity index (χ4v) is 4.76.